The Morgan fingerprint density at radius 1 is 1.14 bits per heavy atom. The minimum absolute atomic E-state index is 0. The number of hydrogen-bond donors (Lipinski definition) is 1. The maximum atomic E-state index is 5.98. The number of aliphatic imine (C=N–C) groups is 1. The van der Waals surface area contributed by atoms with Crippen molar-refractivity contribution in [1.82, 2.24) is 20.2 Å². The number of ether oxygens (including phenoxy) is 1. The van der Waals surface area contributed by atoms with Crippen LogP contribution in [0.3, 0.4) is 0 Å². The monoisotopic (exact) mass is 503 g/mol. The molecule has 1 aliphatic rings. The van der Waals surface area contributed by atoms with Crippen LogP contribution in [0, 0.1) is 0 Å². The van der Waals surface area contributed by atoms with Crippen molar-refractivity contribution in [2.45, 2.75) is 18.9 Å². The first-order valence-electron chi connectivity index (χ1n) is 9.69. The lowest BCUT2D eigenvalue weighted by molar-refractivity contribution is 0.205. The lowest BCUT2D eigenvalue weighted by Crippen LogP contribution is -2.41. The first-order chi connectivity index (χ1) is 13.8. The predicted octanol–water partition coefficient (Wildman–Crippen LogP) is 3.52. The number of nitrogens with one attached hydrogen (secondary N) is 1. The molecule has 0 spiro atoms. The second-order valence-corrected chi connectivity index (χ2v) is 6.86. The summed E-state index contributed by atoms with van der Waals surface area (Å²) in [4.78, 5) is 15.5. The van der Waals surface area contributed by atoms with Gasteiger partial charge in [0.25, 0.3) is 0 Å². The van der Waals surface area contributed by atoms with Crippen molar-refractivity contribution < 1.29 is 4.74 Å². The molecule has 0 amide bonds. The van der Waals surface area contributed by atoms with Gasteiger partial charge >= 0.3 is 0 Å². The summed E-state index contributed by atoms with van der Waals surface area (Å²) >= 11 is 0. The van der Waals surface area contributed by atoms with E-state index in [0.29, 0.717) is 5.88 Å². The van der Waals surface area contributed by atoms with Gasteiger partial charge in [-0.1, -0.05) is 30.3 Å². The van der Waals surface area contributed by atoms with Crippen LogP contribution in [-0.2, 0) is 6.42 Å². The molecule has 1 aromatic carbocycles. The minimum Gasteiger partial charge on any atom is -0.472 e. The molecule has 29 heavy (non-hydrogen) atoms. The molecule has 152 valence electrons. The number of hydrogen-bond acceptors (Lipinski definition) is 4. The van der Waals surface area contributed by atoms with E-state index in [1.165, 1.54) is 10.9 Å². The highest BCUT2D eigenvalue weighted by Crippen LogP contribution is 2.17. The van der Waals surface area contributed by atoms with E-state index in [1.807, 2.05) is 37.5 Å². The van der Waals surface area contributed by atoms with Crippen LogP contribution in [0.25, 0.3) is 10.9 Å². The number of rotatable bonds is 5. The third kappa shape index (κ3) is 5.35. The zero-order chi connectivity index (χ0) is 19.2. The maximum Gasteiger partial charge on any atom is 0.213 e. The summed E-state index contributed by atoms with van der Waals surface area (Å²) in [5.74, 6) is 1.60. The smallest absolute Gasteiger partial charge is 0.213 e. The molecule has 1 unspecified atom stereocenters. The molecule has 1 atom stereocenters. The highest BCUT2D eigenvalue weighted by Gasteiger charge is 2.26. The number of fused-ring (bicyclic) bond motifs is 1. The van der Waals surface area contributed by atoms with Crippen LogP contribution < -0.4 is 10.1 Å². The fourth-order valence-electron chi connectivity index (χ4n) is 3.61. The second-order valence-electron chi connectivity index (χ2n) is 6.86. The summed E-state index contributed by atoms with van der Waals surface area (Å²) in [6.07, 6.45) is 5.60. The van der Waals surface area contributed by atoms with Gasteiger partial charge in [-0.2, -0.15) is 0 Å². The number of guanidine groups is 1. The zero-order valence-electron chi connectivity index (χ0n) is 16.5. The van der Waals surface area contributed by atoms with Crippen LogP contribution in [0.15, 0.2) is 65.9 Å². The number of likely N-dealkylation sites (tertiary alicyclic amines) is 1. The van der Waals surface area contributed by atoms with Crippen LogP contribution >= 0.6 is 24.0 Å². The van der Waals surface area contributed by atoms with Crippen molar-refractivity contribution in [1.29, 1.82) is 0 Å². The number of nitrogens with zero attached hydrogens (tertiary/aromatic N) is 4. The standard InChI is InChI=1S/C22H25N5O.HI/c1-23-22(27-15-11-19(16-27)28-20-9-2-3-12-24-20)26-14-10-18-7-4-6-17-8-5-13-25-21(17)18;/h2-9,12-13,19H,10-11,14-16H2,1H3,(H,23,26);1H. The average Bonchev–Trinajstić information content (AvgIpc) is 3.20. The average molecular weight is 503 g/mol. The SMILES string of the molecule is CN=C(NCCc1cccc2cccnc12)N1CCC(Oc2ccccn2)C1.I. The van der Waals surface area contributed by atoms with E-state index < -0.39 is 0 Å². The third-order valence-corrected chi connectivity index (χ3v) is 4.98. The molecule has 1 aliphatic heterocycles. The van der Waals surface area contributed by atoms with Crippen molar-refractivity contribution in [3.05, 3.63) is 66.5 Å². The molecule has 7 heteroatoms. The summed E-state index contributed by atoms with van der Waals surface area (Å²) in [5, 5.41) is 4.67. The number of halogens is 1. The Balaban J connectivity index is 0.00000240. The molecule has 4 rings (SSSR count). The van der Waals surface area contributed by atoms with Crippen molar-refractivity contribution in [2.24, 2.45) is 4.99 Å². The number of para-hydroxylation sites is 1. The second kappa shape index (κ2) is 10.4. The third-order valence-electron chi connectivity index (χ3n) is 4.98. The van der Waals surface area contributed by atoms with Crippen molar-refractivity contribution >= 4 is 40.8 Å². The lowest BCUT2D eigenvalue weighted by atomic mass is 10.1. The molecule has 0 aliphatic carbocycles. The molecule has 1 N–H and O–H groups in total. The van der Waals surface area contributed by atoms with Gasteiger partial charge in [-0.3, -0.25) is 9.98 Å². The number of benzene rings is 1. The van der Waals surface area contributed by atoms with Gasteiger partial charge in [0, 0.05) is 50.4 Å². The topological polar surface area (TPSA) is 62.6 Å². The van der Waals surface area contributed by atoms with Crippen molar-refractivity contribution in [2.75, 3.05) is 26.7 Å². The van der Waals surface area contributed by atoms with Gasteiger partial charge in [0.1, 0.15) is 6.10 Å². The fourth-order valence-corrected chi connectivity index (χ4v) is 3.61. The van der Waals surface area contributed by atoms with E-state index in [9.17, 15) is 0 Å². The highest BCUT2D eigenvalue weighted by atomic mass is 127. The predicted molar refractivity (Wildman–Crippen MR) is 127 cm³/mol. The Morgan fingerprint density at radius 2 is 2.00 bits per heavy atom. The maximum absolute atomic E-state index is 5.98. The Morgan fingerprint density at radius 3 is 2.83 bits per heavy atom. The fraction of sp³-hybridized carbons (Fsp3) is 0.318. The van der Waals surface area contributed by atoms with E-state index in [1.54, 1.807) is 6.20 Å². The molecular weight excluding hydrogens is 477 g/mol. The molecule has 0 bridgehead atoms. The quantitative estimate of drug-likeness (QED) is 0.328. The zero-order valence-corrected chi connectivity index (χ0v) is 18.8. The lowest BCUT2D eigenvalue weighted by Gasteiger charge is -2.21. The number of pyridine rings is 2. The first-order valence-corrected chi connectivity index (χ1v) is 9.69. The molecule has 3 aromatic rings. The van der Waals surface area contributed by atoms with Gasteiger partial charge in [-0.05, 0) is 24.1 Å². The van der Waals surface area contributed by atoms with Gasteiger partial charge in [-0.25, -0.2) is 4.98 Å². The van der Waals surface area contributed by atoms with E-state index in [0.717, 1.165) is 44.0 Å². The molecule has 0 saturated carbocycles. The Bertz CT molecular complexity index is 945. The van der Waals surface area contributed by atoms with Gasteiger partial charge in [0.05, 0.1) is 12.1 Å². The Hall–Kier alpha value is -2.42. The van der Waals surface area contributed by atoms with Crippen LogP contribution in [0.4, 0.5) is 0 Å². The molecule has 0 radical (unpaired) electrons. The largest absolute Gasteiger partial charge is 0.472 e. The molecule has 2 aromatic heterocycles. The van der Waals surface area contributed by atoms with Gasteiger partial charge < -0.3 is 15.0 Å². The van der Waals surface area contributed by atoms with E-state index in [2.05, 4.69) is 49.4 Å². The minimum atomic E-state index is 0. The van der Waals surface area contributed by atoms with Gasteiger partial charge in [-0.15, -0.1) is 24.0 Å². The summed E-state index contributed by atoms with van der Waals surface area (Å²) in [5.41, 5.74) is 2.32. The number of aromatic nitrogens is 2. The van der Waals surface area contributed by atoms with Crippen LogP contribution in [0.5, 0.6) is 5.88 Å². The van der Waals surface area contributed by atoms with Crippen LogP contribution in [0.1, 0.15) is 12.0 Å². The summed E-state index contributed by atoms with van der Waals surface area (Å²) in [7, 11) is 1.83. The summed E-state index contributed by atoms with van der Waals surface area (Å²) in [6.45, 7) is 2.55. The van der Waals surface area contributed by atoms with Crippen molar-refractivity contribution in [3.8, 4) is 5.88 Å². The van der Waals surface area contributed by atoms with Crippen LogP contribution in [0.2, 0.25) is 0 Å². The van der Waals surface area contributed by atoms with Crippen LogP contribution in [-0.4, -0.2) is 53.6 Å². The highest BCUT2D eigenvalue weighted by molar-refractivity contribution is 14.0. The molecule has 1 saturated heterocycles. The Kier molecular flexibility index (Phi) is 7.62. The molecule has 1 fully saturated rings. The summed E-state index contributed by atoms with van der Waals surface area (Å²) in [6, 6.07) is 16.1. The van der Waals surface area contributed by atoms with E-state index in [-0.39, 0.29) is 30.1 Å². The Labute approximate surface area is 188 Å². The first kappa shape index (κ1) is 21.3. The summed E-state index contributed by atoms with van der Waals surface area (Å²) < 4.78 is 5.98. The van der Waals surface area contributed by atoms with E-state index in [4.69, 9.17) is 4.74 Å². The van der Waals surface area contributed by atoms with Gasteiger partial charge in [0.15, 0.2) is 5.96 Å². The molecular formula is C22H26IN5O. The van der Waals surface area contributed by atoms with Gasteiger partial charge in [0.2, 0.25) is 5.88 Å². The molecule has 6 nitrogen and oxygen atoms in total. The molecule has 3 heterocycles. The normalized spacial score (nSPS) is 16.5. The van der Waals surface area contributed by atoms with Crippen molar-refractivity contribution in [3.63, 3.8) is 0 Å². The van der Waals surface area contributed by atoms with E-state index >= 15 is 0 Å².